The summed E-state index contributed by atoms with van der Waals surface area (Å²) in [5.41, 5.74) is 0. The van der Waals surface area contributed by atoms with Crippen LogP contribution >= 0.6 is 0 Å². The second-order valence-electron chi connectivity index (χ2n) is 22.7. The summed E-state index contributed by atoms with van der Waals surface area (Å²) >= 11 is 0. The molecule has 0 aliphatic rings. The molecule has 0 N–H and O–H groups in total. The second kappa shape index (κ2) is 70.0. The first-order valence-corrected chi connectivity index (χ1v) is 34.7. The van der Waals surface area contributed by atoms with Crippen molar-refractivity contribution in [2.24, 2.45) is 0 Å². The molecule has 472 valence electrons. The van der Waals surface area contributed by atoms with Gasteiger partial charge in [0.1, 0.15) is 13.2 Å². The molecule has 0 aliphatic heterocycles. The number of hydrogen-bond acceptors (Lipinski definition) is 6. The monoisotopic (exact) mass is 1150 g/mol. The lowest BCUT2D eigenvalue weighted by molar-refractivity contribution is -0.167. The predicted octanol–water partition coefficient (Wildman–Crippen LogP) is 24.1. The predicted molar refractivity (Wildman–Crippen MR) is 362 cm³/mol. The van der Waals surface area contributed by atoms with Gasteiger partial charge in [-0.3, -0.25) is 14.4 Å². The number of unbranched alkanes of at least 4 members (excludes halogenated alkanes) is 29. The summed E-state index contributed by atoms with van der Waals surface area (Å²) in [7, 11) is 0. The van der Waals surface area contributed by atoms with Crippen molar-refractivity contribution in [2.45, 2.75) is 322 Å². The van der Waals surface area contributed by atoms with Crippen molar-refractivity contribution in [1.82, 2.24) is 0 Å². The molecule has 6 nitrogen and oxygen atoms in total. The highest BCUT2D eigenvalue weighted by Gasteiger charge is 2.19. The van der Waals surface area contributed by atoms with E-state index in [9.17, 15) is 14.4 Å². The molecule has 0 aromatic rings. The highest BCUT2D eigenvalue weighted by atomic mass is 16.6. The van der Waals surface area contributed by atoms with Crippen LogP contribution in [0.1, 0.15) is 316 Å². The summed E-state index contributed by atoms with van der Waals surface area (Å²) in [6, 6.07) is 0. The van der Waals surface area contributed by atoms with Crippen LogP contribution in [-0.2, 0) is 28.6 Å². The molecule has 0 aromatic carbocycles. The zero-order valence-electron chi connectivity index (χ0n) is 54.2. The van der Waals surface area contributed by atoms with E-state index in [1.807, 2.05) is 0 Å². The van der Waals surface area contributed by atoms with E-state index in [-0.39, 0.29) is 31.1 Å². The molecule has 0 heterocycles. The molecule has 1 atom stereocenters. The summed E-state index contributed by atoms with van der Waals surface area (Å²) in [5, 5.41) is 0. The van der Waals surface area contributed by atoms with Crippen LogP contribution in [-0.4, -0.2) is 37.2 Å². The molecule has 0 aliphatic carbocycles. The molecule has 0 rings (SSSR count). The van der Waals surface area contributed by atoms with Crippen molar-refractivity contribution < 1.29 is 28.6 Å². The first-order valence-electron chi connectivity index (χ1n) is 34.7. The van der Waals surface area contributed by atoms with Crippen molar-refractivity contribution in [3.8, 4) is 0 Å². The van der Waals surface area contributed by atoms with Crippen LogP contribution in [0.5, 0.6) is 0 Å². The van der Waals surface area contributed by atoms with E-state index in [0.717, 1.165) is 141 Å². The Kier molecular flexibility index (Phi) is 66.3. The first-order chi connectivity index (χ1) is 41.0. The van der Waals surface area contributed by atoms with Crippen LogP contribution in [0.2, 0.25) is 0 Å². The van der Waals surface area contributed by atoms with Crippen LogP contribution in [0, 0.1) is 0 Å². The van der Waals surface area contributed by atoms with Gasteiger partial charge >= 0.3 is 17.9 Å². The molecule has 83 heavy (non-hydrogen) atoms. The zero-order chi connectivity index (χ0) is 59.9. The molecule has 0 radical (unpaired) electrons. The van der Waals surface area contributed by atoms with Gasteiger partial charge in [0.15, 0.2) is 6.10 Å². The van der Waals surface area contributed by atoms with E-state index in [1.165, 1.54) is 135 Å². The van der Waals surface area contributed by atoms with Crippen molar-refractivity contribution in [1.29, 1.82) is 0 Å². The van der Waals surface area contributed by atoms with E-state index < -0.39 is 6.10 Å². The summed E-state index contributed by atoms with van der Waals surface area (Å²) < 4.78 is 17.0. The van der Waals surface area contributed by atoms with E-state index in [4.69, 9.17) is 14.2 Å². The van der Waals surface area contributed by atoms with Crippen LogP contribution in [0.25, 0.3) is 0 Å². The Bertz CT molecular complexity index is 1750. The Hall–Kier alpha value is -4.45. The van der Waals surface area contributed by atoms with Crippen molar-refractivity contribution in [2.75, 3.05) is 13.2 Å². The molecule has 0 saturated heterocycles. The van der Waals surface area contributed by atoms with Crippen LogP contribution < -0.4 is 0 Å². The van der Waals surface area contributed by atoms with Gasteiger partial charge in [-0.2, -0.15) is 0 Å². The highest BCUT2D eigenvalue weighted by Crippen LogP contribution is 2.16. The molecule has 6 heteroatoms. The Balaban J connectivity index is 4.35. The van der Waals surface area contributed by atoms with Gasteiger partial charge in [0, 0.05) is 19.3 Å². The minimum absolute atomic E-state index is 0.0833. The fourth-order valence-electron chi connectivity index (χ4n) is 9.53. The average Bonchev–Trinajstić information content (AvgIpc) is 3.49. The van der Waals surface area contributed by atoms with Crippen LogP contribution in [0.4, 0.5) is 0 Å². The lowest BCUT2D eigenvalue weighted by Gasteiger charge is -2.18. The quantitative estimate of drug-likeness (QED) is 0.0261. The fourth-order valence-corrected chi connectivity index (χ4v) is 9.53. The number of rotatable bonds is 62. The molecule has 1 unspecified atom stereocenters. The van der Waals surface area contributed by atoms with Crippen molar-refractivity contribution in [3.63, 3.8) is 0 Å². The maximum atomic E-state index is 13.0. The third-order valence-corrected chi connectivity index (χ3v) is 14.7. The first kappa shape index (κ1) is 78.5. The smallest absolute Gasteiger partial charge is 0.306 e. The standard InChI is InChI=1S/C77H128O6/c1-4-7-10-13-16-19-22-25-27-29-31-33-35-37-38-40-41-43-45-47-49-52-55-58-61-64-67-70-76(79)82-73-74(72-81-75(78)69-66-63-60-57-54-51-24-21-18-15-12-9-6-3)83-77(80)71-68-65-62-59-56-53-50-48-46-44-42-39-36-34-32-30-28-26-23-20-17-14-11-8-5-2/h7-8,10-11,16-17,19-20,25-28,31-34,37-39,41-43,74H,4-6,9,12-15,18,21-24,29-30,35-36,40,44-73H2,1-3H3/b10-7-,11-8-,19-16-,20-17-,27-25-,28-26-,33-31-,34-32-,38-37-,42-39-,43-41-. The Morgan fingerprint density at radius 2 is 0.470 bits per heavy atom. The Morgan fingerprint density at radius 1 is 0.253 bits per heavy atom. The third kappa shape index (κ3) is 68.2. The minimum atomic E-state index is -0.789. The van der Waals surface area contributed by atoms with Crippen molar-refractivity contribution >= 4 is 17.9 Å². The van der Waals surface area contributed by atoms with Crippen LogP contribution in [0.3, 0.4) is 0 Å². The normalized spacial score (nSPS) is 13.0. The molecule has 0 saturated carbocycles. The van der Waals surface area contributed by atoms with Gasteiger partial charge < -0.3 is 14.2 Å². The number of hydrogen-bond donors (Lipinski definition) is 0. The summed E-state index contributed by atoms with van der Waals surface area (Å²) in [5.74, 6) is -0.889. The van der Waals surface area contributed by atoms with Gasteiger partial charge in [-0.1, -0.05) is 315 Å². The number of esters is 3. The fraction of sp³-hybridized carbons (Fsp3) is 0.675. The topological polar surface area (TPSA) is 78.9 Å². The second-order valence-corrected chi connectivity index (χ2v) is 22.7. The number of carbonyl (C=O) groups excluding carboxylic acids is 3. The van der Waals surface area contributed by atoms with Gasteiger partial charge in [0.05, 0.1) is 0 Å². The lowest BCUT2D eigenvalue weighted by atomic mass is 10.0. The number of carbonyl (C=O) groups is 3. The maximum Gasteiger partial charge on any atom is 0.306 e. The third-order valence-electron chi connectivity index (χ3n) is 14.7. The summed E-state index contributed by atoms with van der Waals surface area (Å²) in [6.07, 6.45) is 98.9. The average molecular weight is 1150 g/mol. The Labute approximate surface area is 513 Å². The Morgan fingerprint density at radius 3 is 0.735 bits per heavy atom. The van der Waals surface area contributed by atoms with Gasteiger partial charge in [-0.15, -0.1) is 0 Å². The molecular weight excluding hydrogens is 1020 g/mol. The molecule has 0 fully saturated rings. The van der Waals surface area contributed by atoms with Gasteiger partial charge in [0.25, 0.3) is 0 Å². The summed E-state index contributed by atoms with van der Waals surface area (Å²) in [6.45, 7) is 6.42. The number of allylic oxidation sites excluding steroid dienone is 22. The van der Waals surface area contributed by atoms with E-state index >= 15 is 0 Å². The maximum absolute atomic E-state index is 13.0. The van der Waals surface area contributed by atoms with Gasteiger partial charge in [0.2, 0.25) is 0 Å². The zero-order valence-corrected chi connectivity index (χ0v) is 54.2. The highest BCUT2D eigenvalue weighted by molar-refractivity contribution is 5.71. The molecular formula is C77H128O6. The molecule has 0 bridgehead atoms. The molecule has 0 amide bonds. The lowest BCUT2D eigenvalue weighted by Crippen LogP contribution is -2.30. The SMILES string of the molecule is CC/C=C\C/C=C\C/C=C\C/C=C\C/C=C\C/C=C\CCCCCCCCCCC(=O)OCC(COC(=O)CCCCCCCCCCCCCCC)OC(=O)CCCCCCCCCCC/C=C\C/C=C\C/C=C\C/C=C\C/C=C\CC. The van der Waals surface area contributed by atoms with E-state index in [0.29, 0.717) is 19.3 Å². The number of ether oxygens (including phenoxy) is 3. The van der Waals surface area contributed by atoms with Gasteiger partial charge in [-0.05, 0) is 116 Å². The van der Waals surface area contributed by atoms with Gasteiger partial charge in [-0.25, -0.2) is 0 Å². The summed E-state index contributed by atoms with van der Waals surface area (Å²) in [4.78, 5) is 38.4. The molecule has 0 aromatic heterocycles. The largest absolute Gasteiger partial charge is 0.462 e. The van der Waals surface area contributed by atoms with Crippen molar-refractivity contribution in [3.05, 3.63) is 134 Å². The van der Waals surface area contributed by atoms with Crippen LogP contribution in [0.15, 0.2) is 134 Å². The van der Waals surface area contributed by atoms with E-state index in [2.05, 4.69) is 154 Å². The molecule has 0 spiro atoms. The minimum Gasteiger partial charge on any atom is -0.462 e. The van der Waals surface area contributed by atoms with E-state index in [1.54, 1.807) is 0 Å².